The van der Waals surface area contributed by atoms with E-state index >= 15 is 0 Å². The van der Waals surface area contributed by atoms with E-state index in [0.717, 1.165) is 16.8 Å². The number of rotatable bonds is 5. The fourth-order valence-corrected chi connectivity index (χ4v) is 3.47. The Morgan fingerprint density at radius 3 is 2.57 bits per heavy atom. The van der Waals surface area contributed by atoms with Gasteiger partial charge in [-0.1, -0.05) is 29.8 Å². The monoisotopic (exact) mass is 406 g/mol. The number of carbonyl (C=O) groups is 2. The van der Waals surface area contributed by atoms with Crippen LogP contribution in [0, 0.1) is 20.8 Å². The second kappa shape index (κ2) is 8.02. The zero-order valence-electron chi connectivity index (χ0n) is 17.0. The summed E-state index contributed by atoms with van der Waals surface area (Å²) in [6, 6.07) is 12.7. The van der Waals surface area contributed by atoms with Gasteiger partial charge in [0, 0.05) is 6.42 Å². The van der Waals surface area contributed by atoms with E-state index in [1.165, 1.54) is 5.01 Å². The van der Waals surface area contributed by atoms with Crippen molar-refractivity contribution < 1.29 is 23.2 Å². The van der Waals surface area contributed by atoms with E-state index in [2.05, 4.69) is 5.10 Å². The molecule has 30 heavy (non-hydrogen) atoms. The topological polar surface area (TPSA) is 85.3 Å². The molecule has 1 amide bonds. The summed E-state index contributed by atoms with van der Waals surface area (Å²) in [5.74, 6) is 0.663. The van der Waals surface area contributed by atoms with Gasteiger partial charge in [-0.3, -0.25) is 4.79 Å². The van der Waals surface area contributed by atoms with Crippen LogP contribution in [0.15, 0.2) is 62.7 Å². The highest BCUT2D eigenvalue weighted by molar-refractivity contribution is 6.03. The third kappa shape index (κ3) is 3.91. The maximum atomic E-state index is 12.9. The maximum absolute atomic E-state index is 12.9. The van der Waals surface area contributed by atoms with Gasteiger partial charge in [0.2, 0.25) is 0 Å². The molecule has 0 fully saturated rings. The summed E-state index contributed by atoms with van der Waals surface area (Å²) in [7, 11) is 0. The first-order valence-electron chi connectivity index (χ1n) is 9.66. The Morgan fingerprint density at radius 2 is 1.93 bits per heavy atom. The summed E-state index contributed by atoms with van der Waals surface area (Å²) in [4.78, 5) is 25.2. The van der Waals surface area contributed by atoms with Gasteiger partial charge in [0.15, 0.2) is 6.61 Å². The fraction of sp³-hybridized carbons (Fsp3) is 0.261. The van der Waals surface area contributed by atoms with Crippen LogP contribution in [0.3, 0.4) is 0 Å². The highest BCUT2D eigenvalue weighted by Crippen LogP contribution is 2.33. The van der Waals surface area contributed by atoms with Crippen LogP contribution in [-0.4, -0.2) is 29.2 Å². The van der Waals surface area contributed by atoms with Crippen molar-refractivity contribution in [1.82, 2.24) is 5.01 Å². The molecule has 0 aliphatic carbocycles. The quantitative estimate of drug-likeness (QED) is 0.589. The van der Waals surface area contributed by atoms with Gasteiger partial charge in [-0.15, -0.1) is 0 Å². The van der Waals surface area contributed by atoms with Gasteiger partial charge in [0.1, 0.15) is 28.9 Å². The van der Waals surface area contributed by atoms with E-state index < -0.39 is 18.5 Å². The summed E-state index contributed by atoms with van der Waals surface area (Å²) in [5.41, 5.74) is 3.17. The van der Waals surface area contributed by atoms with E-state index in [-0.39, 0.29) is 6.04 Å². The number of hydrogen-bond donors (Lipinski definition) is 0. The van der Waals surface area contributed by atoms with E-state index in [1.54, 1.807) is 32.2 Å². The van der Waals surface area contributed by atoms with Gasteiger partial charge in [-0.2, -0.15) is 5.10 Å². The molecular weight excluding hydrogens is 384 g/mol. The standard InChI is InChI=1S/C23H22N2O5/c1-14-6-8-17(9-7-14)19-12-20(21-5-4-10-28-21)25(24-19)22(26)13-29-23(27)18-11-15(2)30-16(18)3/h4-11,20H,12-13H2,1-3H3/t20-/m0/s1. The Bertz CT molecular complexity index is 1090. The normalized spacial score (nSPS) is 15.9. The molecule has 3 heterocycles. The van der Waals surface area contributed by atoms with E-state index in [1.807, 2.05) is 37.3 Å². The van der Waals surface area contributed by atoms with Gasteiger partial charge >= 0.3 is 5.97 Å². The Morgan fingerprint density at radius 1 is 1.17 bits per heavy atom. The molecule has 0 saturated heterocycles. The summed E-state index contributed by atoms with van der Waals surface area (Å²) < 4.78 is 16.1. The molecule has 3 aromatic rings. The van der Waals surface area contributed by atoms with Gasteiger partial charge < -0.3 is 13.6 Å². The van der Waals surface area contributed by atoms with Gasteiger partial charge in [-0.05, 0) is 44.5 Å². The molecule has 1 aliphatic rings. The van der Waals surface area contributed by atoms with E-state index in [0.29, 0.717) is 29.3 Å². The molecule has 1 atom stereocenters. The number of benzene rings is 1. The minimum atomic E-state index is -0.603. The van der Waals surface area contributed by atoms with Gasteiger partial charge in [0.25, 0.3) is 5.91 Å². The summed E-state index contributed by atoms with van der Waals surface area (Å²) >= 11 is 0. The lowest BCUT2D eigenvalue weighted by atomic mass is 10.0. The highest BCUT2D eigenvalue weighted by atomic mass is 16.5. The maximum Gasteiger partial charge on any atom is 0.342 e. The average molecular weight is 406 g/mol. The van der Waals surface area contributed by atoms with Crippen LogP contribution in [0.1, 0.15) is 51.2 Å². The Balaban J connectivity index is 1.52. The number of ether oxygens (including phenoxy) is 1. The molecule has 2 aromatic heterocycles. The number of amides is 1. The SMILES string of the molecule is Cc1ccc(C2=NN(C(=O)COC(=O)c3cc(C)oc3C)[C@H](c3ccco3)C2)cc1. The average Bonchev–Trinajstić information content (AvgIpc) is 3.45. The van der Waals surface area contributed by atoms with Crippen LogP contribution in [-0.2, 0) is 9.53 Å². The van der Waals surface area contributed by atoms with Crippen LogP contribution < -0.4 is 0 Å². The van der Waals surface area contributed by atoms with Gasteiger partial charge in [-0.25, -0.2) is 9.80 Å². The molecule has 7 heteroatoms. The lowest BCUT2D eigenvalue weighted by Crippen LogP contribution is -2.31. The van der Waals surface area contributed by atoms with Crippen molar-refractivity contribution in [2.75, 3.05) is 6.61 Å². The lowest BCUT2D eigenvalue weighted by molar-refractivity contribution is -0.136. The Labute approximate surface area is 173 Å². The molecule has 0 spiro atoms. The first kappa shape index (κ1) is 19.7. The molecule has 0 radical (unpaired) electrons. The molecule has 1 aromatic carbocycles. The first-order valence-corrected chi connectivity index (χ1v) is 9.66. The molecule has 4 rings (SSSR count). The summed E-state index contributed by atoms with van der Waals surface area (Å²) in [6.07, 6.45) is 2.07. The molecule has 0 bridgehead atoms. The minimum absolute atomic E-state index is 0.313. The minimum Gasteiger partial charge on any atom is -0.467 e. The number of furan rings is 2. The van der Waals surface area contributed by atoms with Crippen LogP contribution in [0.4, 0.5) is 0 Å². The number of hydrogen-bond acceptors (Lipinski definition) is 6. The van der Waals surface area contributed by atoms with E-state index in [4.69, 9.17) is 13.6 Å². The zero-order chi connectivity index (χ0) is 21.3. The molecular formula is C23H22N2O5. The smallest absolute Gasteiger partial charge is 0.342 e. The second-order valence-corrected chi connectivity index (χ2v) is 7.29. The van der Waals surface area contributed by atoms with Gasteiger partial charge in [0.05, 0.1) is 12.0 Å². The number of hydrazone groups is 1. The molecule has 1 aliphatic heterocycles. The van der Waals surface area contributed by atoms with E-state index in [9.17, 15) is 9.59 Å². The molecule has 0 saturated carbocycles. The largest absolute Gasteiger partial charge is 0.467 e. The summed E-state index contributed by atoms with van der Waals surface area (Å²) in [5, 5.41) is 5.87. The third-order valence-corrected chi connectivity index (χ3v) is 5.01. The second-order valence-electron chi connectivity index (χ2n) is 7.29. The molecule has 0 unspecified atom stereocenters. The van der Waals surface area contributed by atoms with Crippen LogP contribution in [0.2, 0.25) is 0 Å². The van der Waals surface area contributed by atoms with Crippen molar-refractivity contribution in [2.24, 2.45) is 5.10 Å². The molecule has 154 valence electrons. The zero-order valence-corrected chi connectivity index (χ0v) is 17.0. The Kier molecular flexibility index (Phi) is 5.27. The van der Waals surface area contributed by atoms with Crippen molar-refractivity contribution in [1.29, 1.82) is 0 Å². The van der Waals surface area contributed by atoms with Crippen molar-refractivity contribution in [3.8, 4) is 0 Å². The lowest BCUT2D eigenvalue weighted by Gasteiger charge is -2.19. The highest BCUT2D eigenvalue weighted by Gasteiger charge is 2.35. The predicted octanol–water partition coefficient (Wildman–Crippen LogP) is 4.33. The number of esters is 1. The van der Waals surface area contributed by atoms with Crippen molar-refractivity contribution in [2.45, 2.75) is 33.2 Å². The van der Waals surface area contributed by atoms with Crippen molar-refractivity contribution >= 4 is 17.6 Å². The summed E-state index contributed by atoms with van der Waals surface area (Å²) in [6.45, 7) is 5.01. The molecule has 7 nitrogen and oxygen atoms in total. The third-order valence-electron chi connectivity index (χ3n) is 5.01. The Hall–Kier alpha value is -3.61. The molecule has 0 N–H and O–H groups in total. The van der Waals surface area contributed by atoms with Crippen molar-refractivity contribution in [3.05, 3.63) is 82.7 Å². The van der Waals surface area contributed by atoms with Crippen LogP contribution in [0.25, 0.3) is 0 Å². The predicted molar refractivity (Wildman–Crippen MR) is 109 cm³/mol. The number of nitrogens with zero attached hydrogens (tertiary/aromatic N) is 2. The van der Waals surface area contributed by atoms with Crippen LogP contribution in [0.5, 0.6) is 0 Å². The van der Waals surface area contributed by atoms with Crippen molar-refractivity contribution in [3.63, 3.8) is 0 Å². The first-order chi connectivity index (χ1) is 14.4. The fourth-order valence-electron chi connectivity index (χ4n) is 3.47. The van der Waals surface area contributed by atoms with Crippen LogP contribution >= 0.6 is 0 Å². The number of aryl methyl sites for hydroxylation is 3. The number of carbonyl (C=O) groups excluding carboxylic acids is 2.